The lowest BCUT2D eigenvalue weighted by Gasteiger charge is -2.37. The number of carbonyl (C=O) groups is 1. The van der Waals surface area contributed by atoms with E-state index in [4.69, 9.17) is 0 Å². The molecule has 0 saturated carbocycles. The first-order chi connectivity index (χ1) is 9.97. The summed E-state index contributed by atoms with van der Waals surface area (Å²) in [4.78, 5) is 12.3. The number of benzene rings is 1. The van der Waals surface area contributed by atoms with Crippen LogP contribution >= 0.6 is 12.4 Å². The van der Waals surface area contributed by atoms with E-state index < -0.39 is 6.10 Å². The van der Waals surface area contributed by atoms with Crippen molar-refractivity contribution >= 4 is 18.3 Å². The molecule has 0 radical (unpaired) electrons. The van der Waals surface area contributed by atoms with Crippen LogP contribution in [0.25, 0.3) is 0 Å². The van der Waals surface area contributed by atoms with E-state index in [1.165, 1.54) is 11.1 Å². The lowest BCUT2D eigenvalue weighted by Crippen LogP contribution is -2.44. The second kappa shape index (κ2) is 6.57. The largest absolute Gasteiger partial charge is 0.392 e. The summed E-state index contributed by atoms with van der Waals surface area (Å²) >= 11 is 0. The molecule has 3 N–H and O–H groups in total. The van der Waals surface area contributed by atoms with Crippen LogP contribution in [0.5, 0.6) is 0 Å². The number of nitrogens with one attached hydrogen (secondary N) is 2. The molecule has 0 spiro atoms. The number of β-amino-alcohol motifs (C(OH)–C–C–N with tert-alkyl or cyclic N) is 1. The lowest BCUT2D eigenvalue weighted by atomic mass is 9.71. The second-order valence-corrected chi connectivity index (χ2v) is 6.92. The molecule has 0 aromatic heterocycles. The van der Waals surface area contributed by atoms with Crippen molar-refractivity contribution in [2.45, 2.75) is 56.7 Å². The van der Waals surface area contributed by atoms with Gasteiger partial charge < -0.3 is 15.7 Å². The van der Waals surface area contributed by atoms with Gasteiger partial charge in [0.15, 0.2) is 0 Å². The molecule has 1 aliphatic heterocycles. The van der Waals surface area contributed by atoms with Crippen molar-refractivity contribution in [3.8, 4) is 0 Å². The molecular weight excluding hydrogens is 300 g/mol. The third-order valence-electron chi connectivity index (χ3n) is 4.86. The van der Waals surface area contributed by atoms with Gasteiger partial charge in [0.1, 0.15) is 0 Å². The van der Waals surface area contributed by atoms with Crippen molar-refractivity contribution in [3.05, 3.63) is 35.4 Å². The van der Waals surface area contributed by atoms with Gasteiger partial charge in [0.05, 0.1) is 18.2 Å². The second-order valence-electron chi connectivity index (χ2n) is 6.92. The molecule has 122 valence electrons. The molecular formula is C17H25ClN2O2. The van der Waals surface area contributed by atoms with E-state index in [1.54, 1.807) is 0 Å². The Kier molecular flexibility index (Phi) is 5.15. The molecule has 1 amide bonds. The SMILES string of the molecule is CC1(C)CCC(NC(=O)C2CC(O)CN2)c2ccccc21.Cl. The zero-order valence-electron chi connectivity index (χ0n) is 13.1. The monoisotopic (exact) mass is 324 g/mol. The number of fused-ring (bicyclic) bond motifs is 1. The predicted molar refractivity (Wildman–Crippen MR) is 89.2 cm³/mol. The van der Waals surface area contributed by atoms with Crippen molar-refractivity contribution in [1.82, 2.24) is 10.6 Å². The third-order valence-corrected chi connectivity index (χ3v) is 4.86. The van der Waals surface area contributed by atoms with E-state index in [9.17, 15) is 9.90 Å². The minimum Gasteiger partial charge on any atom is -0.392 e. The van der Waals surface area contributed by atoms with Crippen LogP contribution in [0.2, 0.25) is 0 Å². The fourth-order valence-corrected chi connectivity index (χ4v) is 3.55. The summed E-state index contributed by atoms with van der Waals surface area (Å²) in [5.74, 6) is 0.00561. The molecule has 22 heavy (non-hydrogen) atoms. The van der Waals surface area contributed by atoms with Crippen LogP contribution in [0.4, 0.5) is 0 Å². The quantitative estimate of drug-likeness (QED) is 0.780. The summed E-state index contributed by atoms with van der Waals surface area (Å²) in [6, 6.07) is 8.23. The Labute approximate surface area is 138 Å². The Bertz CT molecular complexity index is 547. The van der Waals surface area contributed by atoms with Crippen LogP contribution in [0.1, 0.15) is 50.3 Å². The highest BCUT2D eigenvalue weighted by Gasteiger charge is 2.35. The molecule has 3 rings (SSSR count). The average molecular weight is 325 g/mol. The number of rotatable bonds is 2. The van der Waals surface area contributed by atoms with Crippen molar-refractivity contribution in [2.24, 2.45) is 0 Å². The molecule has 1 aromatic rings. The molecule has 0 bridgehead atoms. The smallest absolute Gasteiger partial charge is 0.237 e. The number of aliphatic hydroxyl groups excluding tert-OH is 1. The van der Waals surface area contributed by atoms with Gasteiger partial charge in [0.25, 0.3) is 0 Å². The van der Waals surface area contributed by atoms with Gasteiger partial charge in [-0.25, -0.2) is 0 Å². The standard InChI is InChI=1S/C17H24N2O2.ClH/c1-17(2)8-7-14(12-5-3-4-6-13(12)17)19-16(21)15-9-11(20)10-18-15;/h3-6,11,14-15,18,20H,7-10H2,1-2H3,(H,19,21);1H. The van der Waals surface area contributed by atoms with Crippen LogP contribution in [0.15, 0.2) is 24.3 Å². The minimum absolute atomic E-state index is 0. The fourth-order valence-electron chi connectivity index (χ4n) is 3.55. The van der Waals surface area contributed by atoms with Crippen molar-refractivity contribution in [1.29, 1.82) is 0 Å². The van der Waals surface area contributed by atoms with Crippen LogP contribution in [0.3, 0.4) is 0 Å². The zero-order chi connectivity index (χ0) is 15.0. The normalized spacial score (nSPS) is 29.3. The van der Waals surface area contributed by atoms with Crippen LogP contribution in [-0.2, 0) is 10.2 Å². The summed E-state index contributed by atoms with van der Waals surface area (Å²) in [7, 11) is 0. The predicted octanol–water partition coefficient (Wildman–Crippen LogP) is 2.06. The Morgan fingerprint density at radius 3 is 2.77 bits per heavy atom. The van der Waals surface area contributed by atoms with E-state index >= 15 is 0 Å². The average Bonchev–Trinajstić information content (AvgIpc) is 2.89. The van der Waals surface area contributed by atoms with Crippen molar-refractivity contribution in [3.63, 3.8) is 0 Å². The highest BCUT2D eigenvalue weighted by Crippen LogP contribution is 2.41. The maximum absolute atomic E-state index is 12.3. The van der Waals surface area contributed by atoms with E-state index in [2.05, 4.69) is 42.7 Å². The number of hydrogen-bond donors (Lipinski definition) is 3. The van der Waals surface area contributed by atoms with Crippen molar-refractivity contribution < 1.29 is 9.90 Å². The van der Waals surface area contributed by atoms with E-state index in [-0.39, 0.29) is 35.8 Å². The molecule has 4 nitrogen and oxygen atoms in total. The molecule has 3 atom stereocenters. The van der Waals surface area contributed by atoms with Gasteiger partial charge in [-0.3, -0.25) is 4.79 Å². The number of aliphatic hydroxyl groups is 1. The molecule has 1 fully saturated rings. The van der Waals surface area contributed by atoms with Gasteiger partial charge in [-0.2, -0.15) is 0 Å². The van der Waals surface area contributed by atoms with Gasteiger partial charge in [-0.05, 0) is 35.8 Å². The summed E-state index contributed by atoms with van der Waals surface area (Å²) in [6.07, 6.45) is 2.13. The molecule has 3 unspecified atom stereocenters. The highest BCUT2D eigenvalue weighted by atomic mass is 35.5. The zero-order valence-corrected chi connectivity index (χ0v) is 14.0. The maximum atomic E-state index is 12.3. The fraction of sp³-hybridized carbons (Fsp3) is 0.588. The third kappa shape index (κ3) is 3.29. The van der Waals surface area contributed by atoms with Gasteiger partial charge in [0.2, 0.25) is 5.91 Å². The summed E-state index contributed by atoms with van der Waals surface area (Å²) in [6.45, 7) is 5.03. The van der Waals surface area contributed by atoms with Crippen LogP contribution in [-0.4, -0.2) is 29.7 Å². The Morgan fingerprint density at radius 2 is 2.09 bits per heavy atom. The Hall–Kier alpha value is -1.10. The van der Waals surface area contributed by atoms with Gasteiger partial charge >= 0.3 is 0 Å². The number of halogens is 1. The Balaban J connectivity index is 0.00000176. The molecule has 1 saturated heterocycles. The van der Waals surface area contributed by atoms with Gasteiger partial charge in [-0.15, -0.1) is 12.4 Å². The molecule has 1 aliphatic carbocycles. The molecule has 5 heteroatoms. The summed E-state index contributed by atoms with van der Waals surface area (Å²) in [5, 5.41) is 15.8. The van der Waals surface area contributed by atoms with Crippen LogP contribution < -0.4 is 10.6 Å². The van der Waals surface area contributed by atoms with Gasteiger partial charge in [-0.1, -0.05) is 38.1 Å². The Morgan fingerprint density at radius 1 is 1.36 bits per heavy atom. The summed E-state index contributed by atoms with van der Waals surface area (Å²) < 4.78 is 0. The van der Waals surface area contributed by atoms with Gasteiger partial charge in [0, 0.05) is 6.54 Å². The highest BCUT2D eigenvalue weighted by molar-refractivity contribution is 5.85. The van der Waals surface area contributed by atoms with E-state index in [0.29, 0.717) is 13.0 Å². The number of amides is 1. The molecule has 2 aliphatic rings. The molecule has 1 aromatic carbocycles. The first-order valence-electron chi connectivity index (χ1n) is 7.78. The summed E-state index contributed by atoms with van der Waals surface area (Å²) in [5.41, 5.74) is 2.74. The molecule has 1 heterocycles. The topological polar surface area (TPSA) is 61.4 Å². The number of carbonyl (C=O) groups excluding carboxylic acids is 1. The number of hydrogen-bond acceptors (Lipinski definition) is 3. The first-order valence-corrected chi connectivity index (χ1v) is 7.78. The van der Waals surface area contributed by atoms with Crippen molar-refractivity contribution in [2.75, 3.05) is 6.54 Å². The minimum atomic E-state index is -0.404. The maximum Gasteiger partial charge on any atom is 0.237 e. The van der Waals surface area contributed by atoms with E-state index in [1.807, 2.05) is 6.07 Å². The first kappa shape index (κ1) is 17.3. The van der Waals surface area contributed by atoms with E-state index in [0.717, 1.165) is 12.8 Å². The lowest BCUT2D eigenvalue weighted by molar-refractivity contribution is -0.123. The van der Waals surface area contributed by atoms with Crippen LogP contribution in [0, 0.1) is 0 Å².